The minimum absolute atomic E-state index is 0.254. The van der Waals surface area contributed by atoms with Gasteiger partial charge in [0.15, 0.2) is 0 Å². The third-order valence-electron chi connectivity index (χ3n) is 4.94. The van der Waals surface area contributed by atoms with Gasteiger partial charge in [0, 0.05) is 23.3 Å². The van der Waals surface area contributed by atoms with Gasteiger partial charge in [-0.05, 0) is 28.6 Å². The summed E-state index contributed by atoms with van der Waals surface area (Å²) in [6.45, 7) is 0. The van der Waals surface area contributed by atoms with Gasteiger partial charge in [0.1, 0.15) is 0 Å². The fraction of sp³-hybridized carbons (Fsp3) is 0.200. The van der Waals surface area contributed by atoms with Gasteiger partial charge in [0.25, 0.3) is 0 Å². The maximum Gasteiger partial charge on any atom is 0.0921 e. The number of halogens is 1. The van der Waals surface area contributed by atoms with Crippen molar-refractivity contribution < 1.29 is 4.84 Å². The van der Waals surface area contributed by atoms with E-state index < -0.39 is 0 Å². The topological polar surface area (TPSA) is 12.5 Å². The zero-order chi connectivity index (χ0) is 15.4. The lowest BCUT2D eigenvalue weighted by molar-refractivity contribution is 0.0741. The highest BCUT2D eigenvalue weighted by atomic mass is 35.5. The molecule has 0 aromatic heterocycles. The van der Waals surface area contributed by atoms with E-state index in [0.29, 0.717) is 0 Å². The Morgan fingerprint density at radius 3 is 2.65 bits per heavy atom. The van der Waals surface area contributed by atoms with Gasteiger partial charge in [-0.3, -0.25) is 4.84 Å². The fourth-order valence-corrected chi connectivity index (χ4v) is 4.00. The Labute approximate surface area is 140 Å². The molecule has 3 heteroatoms. The van der Waals surface area contributed by atoms with Crippen molar-refractivity contribution in [2.24, 2.45) is 0 Å². The lowest BCUT2D eigenvalue weighted by atomic mass is 9.99. The predicted molar refractivity (Wildman–Crippen MR) is 93.8 cm³/mol. The average Bonchev–Trinajstić information content (AvgIpc) is 2.92. The van der Waals surface area contributed by atoms with Gasteiger partial charge in [0.05, 0.1) is 17.8 Å². The molecule has 1 fully saturated rings. The first kappa shape index (κ1) is 13.4. The molecule has 2 heterocycles. The third-order valence-corrected chi connectivity index (χ3v) is 5.19. The van der Waals surface area contributed by atoms with E-state index >= 15 is 0 Å². The van der Waals surface area contributed by atoms with Gasteiger partial charge in [-0.1, -0.05) is 60.1 Å². The van der Waals surface area contributed by atoms with Gasteiger partial charge in [0.2, 0.25) is 0 Å². The van der Waals surface area contributed by atoms with Crippen LogP contribution < -0.4 is 5.06 Å². The minimum atomic E-state index is 0.254. The Balaban J connectivity index is 1.68. The summed E-state index contributed by atoms with van der Waals surface area (Å²) in [5.41, 5.74) is 3.88. The highest BCUT2D eigenvalue weighted by molar-refractivity contribution is 6.30. The predicted octanol–water partition coefficient (Wildman–Crippen LogP) is 5.30. The standard InChI is InChI=1S/C20H16ClNO/c21-16-9-7-14(8-10-16)19-12-17-11-15-6-5-13-3-1-2-4-18(13)20(15)22(19)23-17/h1-10,17,19H,11-12H2. The zero-order valence-corrected chi connectivity index (χ0v) is 13.3. The third kappa shape index (κ3) is 2.06. The molecule has 3 aromatic rings. The molecule has 0 saturated carbocycles. The van der Waals surface area contributed by atoms with E-state index in [-0.39, 0.29) is 12.1 Å². The van der Waals surface area contributed by atoms with Crippen molar-refractivity contribution in [3.8, 4) is 0 Å². The number of benzene rings is 3. The molecule has 23 heavy (non-hydrogen) atoms. The van der Waals surface area contributed by atoms with Crippen LogP contribution in [0.25, 0.3) is 10.8 Å². The molecule has 5 rings (SSSR count). The van der Waals surface area contributed by atoms with E-state index in [1.807, 2.05) is 12.1 Å². The molecule has 2 aliphatic heterocycles. The van der Waals surface area contributed by atoms with Crippen LogP contribution in [0.2, 0.25) is 5.02 Å². The molecule has 0 amide bonds. The van der Waals surface area contributed by atoms with Crippen LogP contribution in [0.1, 0.15) is 23.6 Å². The molecule has 1 saturated heterocycles. The Morgan fingerprint density at radius 2 is 1.78 bits per heavy atom. The van der Waals surface area contributed by atoms with Crippen LogP contribution in [0.3, 0.4) is 0 Å². The smallest absolute Gasteiger partial charge is 0.0921 e. The van der Waals surface area contributed by atoms with Crippen LogP contribution >= 0.6 is 11.6 Å². The van der Waals surface area contributed by atoms with Crippen molar-refractivity contribution in [2.75, 3.05) is 5.06 Å². The summed E-state index contributed by atoms with van der Waals surface area (Å²) in [4.78, 5) is 6.23. The van der Waals surface area contributed by atoms with Crippen LogP contribution in [0, 0.1) is 0 Å². The number of hydroxylamine groups is 1. The Morgan fingerprint density at radius 1 is 0.957 bits per heavy atom. The summed E-state index contributed by atoms with van der Waals surface area (Å²) >= 11 is 6.04. The van der Waals surface area contributed by atoms with Gasteiger partial charge in [-0.15, -0.1) is 0 Å². The minimum Gasteiger partial charge on any atom is -0.269 e. The number of nitrogens with zero attached hydrogens (tertiary/aromatic N) is 1. The normalized spacial score (nSPS) is 22.4. The number of anilines is 1. The van der Waals surface area contributed by atoms with Gasteiger partial charge in [-0.25, -0.2) is 5.06 Å². The fourth-order valence-electron chi connectivity index (χ4n) is 3.88. The molecule has 2 aliphatic rings. The van der Waals surface area contributed by atoms with E-state index in [4.69, 9.17) is 16.4 Å². The van der Waals surface area contributed by atoms with Crippen molar-refractivity contribution >= 4 is 28.1 Å². The van der Waals surface area contributed by atoms with Crippen molar-refractivity contribution in [3.63, 3.8) is 0 Å². The summed E-state index contributed by atoms with van der Waals surface area (Å²) in [5.74, 6) is 0. The molecule has 114 valence electrons. The molecule has 0 spiro atoms. The average molecular weight is 322 g/mol. The van der Waals surface area contributed by atoms with E-state index in [9.17, 15) is 0 Å². The first-order valence-corrected chi connectivity index (χ1v) is 8.39. The molecule has 0 N–H and O–H groups in total. The van der Waals surface area contributed by atoms with Crippen LogP contribution in [0.5, 0.6) is 0 Å². The van der Waals surface area contributed by atoms with Crippen molar-refractivity contribution in [3.05, 3.63) is 76.8 Å². The summed E-state index contributed by atoms with van der Waals surface area (Å²) < 4.78 is 0. The first-order chi connectivity index (χ1) is 11.3. The lowest BCUT2D eigenvalue weighted by Gasteiger charge is -2.31. The molecular weight excluding hydrogens is 306 g/mol. The van der Waals surface area contributed by atoms with Crippen LogP contribution in [0.4, 0.5) is 5.69 Å². The molecule has 0 aliphatic carbocycles. The summed E-state index contributed by atoms with van der Waals surface area (Å²) in [6, 6.07) is 21.4. The highest BCUT2D eigenvalue weighted by Crippen LogP contribution is 2.47. The molecule has 2 bridgehead atoms. The Bertz CT molecular complexity index is 890. The Hall–Kier alpha value is -2.03. The molecule has 2 atom stereocenters. The van der Waals surface area contributed by atoms with E-state index in [2.05, 4.69) is 53.6 Å². The Kier molecular flexibility index (Phi) is 2.91. The largest absolute Gasteiger partial charge is 0.269 e. The van der Waals surface area contributed by atoms with E-state index in [1.54, 1.807) is 0 Å². The molecule has 2 nitrogen and oxygen atoms in total. The zero-order valence-electron chi connectivity index (χ0n) is 12.6. The molecule has 0 radical (unpaired) electrons. The number of fused-ring (bicyclic) bond motifs is 6. The summed E-state index contributed by atoms with van der Waals surface area (Å²) in [7, 11) is 0. The highest BCUT2D eigenvalue weighted by Gasteiger charge is 2.40. The van der Waals surface area contributed by atoms with E-state index in [1.165, 1.54) is 27.6 Å². The second-order valence-electron chi connectivity index (χ2n) is 6.35. The maximum absolute atomic E-state index is 6.23. The van der Waals surface area contributed by atoms with E-state index in [0.717, 1.165) is 17.9 Å². The maximum atomic E-state index is 6.23. The second-order valence-corrected chi connectivity index (χ2v) is 6.79. The van der Waals surface area contributed by atoms with Crippen molar-refractivity contribution in [1.29, 1.82) is 0 Å². The first-order valence-electron chi connectivity index (χ1n) is 8.02. The van der Waals surface area contributed by atoms with Crippen molar-refractivity contribution in [1.82, 2.24) is 0 Å². The second kappa shape index (κ2) is 4.98. The molecular formula is C20H16ClNO. The number of hydrogen-bond acceptors (Lipinski definition) is 2. The van der Waals surface area contributed by atoms with Gasteiger partial charge >= 0.3 is 0 Å². The quantitative estimate of drug-likeness (QED) is 0.603. The monoisotopic (exact) mass is 321 g/mol. The summed E-state index contributed by atoms with van der Waals surface area (Å²) in [5, 5.41) is 5.44. The summed E-state index contributed by atoms with van der Waals surface area (Å²) in [6.07, 6.45) is 2.27. The molecule has 3 aromatic carbocycles. The molecule has 2 unspecified atom stereocenters. The van der Waals surface area contributed by atoms with Gasteiger partial charge < -0.3 is 0 Å². The van der Waals surface area contributed by atoms with Crippen LogP contribution in [-0.2, 0) is 11.3 Å². The van der Waals surface area contributed by atoms with Crippen LogP contribution in [-0.4, -0.2) is 6.10 Å². The lowest BCUT2D eigenvalue weighted by Crippen LogP contribution is -2.27. The van der Waals surface area contributed by atoms with Crippen LogP contribution in [0.15, 0.2) is 60.7 Å². The van der Waals surface area contributed by atoms with Crippen molar-refractivity contribution in [2.45, 2.75) is 25.0 Å². The number of hydrogen-bond donors (Lipinski definition) is 0. The SMILES string of the molecule is Clc1ccc(C2CC3Cc4ccc5ccccc5c4N2O3)cc1. The number of rotatable bonds is 1. The van der Waals surface area contributed by atoms with Gasteiger partial charge in [-0.2, -0.15) is 0 Å².